The fraction of sp³-hybridized carbons (Fsp3) is 0.533. The van der Waals surface area contributed by atoms with Crippen LogP contribution >= 0.6 is 0 Å². The lowest BCUT2D eigenvalue weighted by atomic mass is 9.97. The highest BCUT2D eigenvalue weighted by Crippen LogP contribution is 2.17. The van der Waals surface area contributed by atoms with E-state index in [9.17, 15) is 9.59 Å². The van der Waals surface area contributed by atoms with Crippen LogP contribution in [0.3, 0.4) is 0 Å². The summed E-state index contributed by atoms with van der Waals surface area (Å²) in [5.41, 5.74) is 1.09. The van der Waals surface area contributed by atoms with E-state index >= 15 is 0 Å². The van der Waals surface area contributed by atoms with Crippen LogP contribution in [0.1, 0.15) is 31.4 Å². The molecule has 1 fully saturated rings. The van der Waals surface area contributed by atoms with Crippen LogP contribution in [0, 0.1) is 5.92 Å². The molecule has 2 heterocycles. The van der Waals surface area contributed by atoms with Crippen LogP contribution in [-0.2, 0) is 9.59 Å². The average molecular weight is 291 g/mol. The summed E-state index contributed by atoms with van der Waals surface area (Å²) in [6.07, 6.45) is 4.54. The largest absolute Gasteiger partial charge is 0.481 e. The van der Waals surface area contributed by atoms with E-state index in [1.54, 1.807) is 17.3 Å². The quantitative estimate of drug-likeness (QED) is 0.847. The molecule has 2 rings (SSSR count). The second-order valence-corrected chi connectivity index (χ2v) is 5.38. The molecule has 114 valence electrons. The fourth-order valence-electron chi connectivity index (χ4n) is 2.50. The van der Waals surface area contributed by atoms with Crippen molar-refractivity contribution in [2.75, 3.05) is 19.6 Å². The number of nitrogens with one attached hydrogen (secondary N) is 1. The van der Waals surface area contributed by atoms with Gasteiger partial charge in [0.25, 0.3) is 0 Å². The number of piperidine rings is 1. The second kappa shape index (κ2) is 7.17. The lowest BCUT2D eigenvalue weighted by Gasteiger charge is -2.30. The normalized spacial score (nSPS) is 17.5. The van der Waals surface area contributed by atoms with E-state index in [4.69, 9.17) is 5.11 Å². The van der Waals surface area contributed by atoms with Gasteiger partial charge >= 0.3 is 5.97 Å². The van der Waals surface area contributed by atoms with Gasteiger partial charge in [0.15, 0.2) is 0 Å². The summed E-state index contributed by atoms with van der Waals surface area (Å²) in [6.45, 7) is 3.32. The Bertz CT molecular complexity index is 484. The van der Waals surface area contributed by atoms with Crippen molar-refractivity contribution in [2.24, 2.45) is 5.92 Å². The Hall–Kier alpha value is -1.95. The molecule has 6 nitrogen and oxygen atoms in total. The third kappa shape index (κ3) is 4.26. The Kier molecular flexibility index (Phi) is 5.27. The lowest BCUT2D eigenvalue weighted by Crippen LogP contribution is -2.44. The molecule has 1 aromatic heterocycles. The smallest absolute Gasteiger partial charge is 0.306 e. The van der Waals surface area contributed by atoms with Gasteiger partial charge in [0.1, 0.15) is 0 Å². The Morgan fingerprint density at radius 2 is 2.00 bits per heavy atom. The summed E-state index contributed by atoms with van der Waals surface area (Å²) in [7, 11) is 0. The number of carbonyl (C=O) groups is 2. The number of pyridine rings is 1. The summed E-state index contributed by atoms with van der Waals surface area (Å²) >= 11 is 0. The van der Waals surface area contributed by atoms with E-state index in [1.807, 2.05) is 19.1 Å². The third-order valence-corrected chi connectivity index (χ3v) is 3.96. The minimum Gasteiger partial charge on any atom is -0.481 e. The molecular formula is C15H21N3O3. The number of aliphatic carboxylic acids is 1. The second-order valence-electron chi connectivity index (χ2n) is 5.38. The highest BCUT2D eigenvalue weighted by atomic mass is 16.4. The van der Waals surface area contributed by atoms with Gasteiger partial charge < -0.3 is 15.3 Å². The van der Waals surface area contributed by atoms with Gasteiger partial charge in [-0.25, -0.2) is 0 Å². The van der Waals surface area contributed by atoms with Crippen LogP contribution in [0.4, 0.5) is 0 Å². The van der Waals surface area contributed by atoms with Gasteiger partial charge in [-0.3, -0.25) is 14.6 Å². The van der Waals surface area contributed by atoms with Gasteiger partial charge in [-0.05, 0) is 37.5 Å². The molecule has 2 N–H and O–H groups in total. The number of hydrogen-bond donors (Lipinski definition) is 2. The Morgan fingerprint density at radius 3 is 2.57 bits per heavy atom. The van der Waals surface area contributed by atoms with Crippen molar-refractivity contribution in [2.45, 2.75) is 25.8 Å². The van der Waals surface area contributed by atoms with Crippen LogP contribution in [0.25, 0.3) is 0 Å². The van der Waals surface area contributed by atoms with E-state index in [1.165, 1.54) is 0 Å². The minimum atomic E-state index is -0.758. The van der Waals surface area contributed by atoms with Crippen molar-refractivity contribution in [3.05, 3.63) is 30.1 Å². The van der Waals surface area contributed by atoms with Crippen molar-refractivity contribution in [3.8, 4) is 0 Å². The fourth-order valence-corrected chi connectivity index (χ4v) is 2.50. The highest BCUT2D eigenvalue weighted by molar-refractivity contribution is 5.79. The Balaban J connectivity index is 1.76. The highest BCUT2D eigenvalue weighted by Gasteiger charge is 2.26. The van der Waals surface area contributed by atoms with Gasteiger partial charge in [-0.15, -0.1) is 0 Å². The van der Waals surface area contributed by atoms with E-state index in [0.717, 1.165) is 5.56 Å². The van der Waals surface area contributed by atoms with Crippen molar-refractivity contribution >= 4 is 11.9 Å². The van der Waals surface area contributed by atoms with Crippen LogP contribution < -0.4 is 5.32 Å². The molecule has 21 heavy (non-hydrogen) atoms. The number of likely N-dealkylation sites (tertiary alicyclic amines) is 1. The first kappa shape index (κ1) is 15.4. The van der Waals surface area contributed by atoms with E-state index in [-0.39, 0.29) is 24.4 Å². The first-order chi connectivity index (χ1) is 10.1. The van der Waals surface area contributed by atoms with Crippen LogP contribution in [0.15, 0.2) is 24.5 Å². The molecule has 1 aliphatic heterocycles. The Morgan fingerprint density at radius 1 is 1.38 bits per heavy atom. The predicted octanol–water partition coefficient (Wildman–Crippen LogP) is 1.06. The van der Waals surface area contributed by atoms with Crippen molar-refractivity contribution in [1.29, 1.82) is 0 Å². The zero-order valence-corrected chi connectivity index (χ0v) is 12.2. The molecule has 0 bridgehead atoms. The number of amides is 1. The predicted molar refractivity (Wildman–Crippen MR) is 77.6 cm³/mol. The lowest BCUT2D eigenvalue weighted by molar-refractivity contribution is -0.145. The zero-order chi connectivity index (χ0) is 15.2. The first-order valence-electron chi connectivity index (χ1n) is 7.22. The van der Waals surface area contributed by atoms with E-state index < -0.39 is 5.97 Å². The number of carbonyl (C=O) groups excluding carboxylic acids is 1. The summed E-state index contributed by atoms with van der Waals surface area (Å²) in [5, 5.41) is 12.1. The van der Waals surface area contributed by atoms with E-state index in [0.29, 0.717) is 25.9 Å². The molecule has 0 spiro atoms. The Labute approximate surface area is 124 Å². The summed E-state index contributed by atoms with van der Waals surface area (Å²) < 4.78 is 0. The zero-order valence-electron chi connectivity index (χ0n) is 12.2. The summed E-state index contributed by atoms with van der Waals surface area (Å²) in [6, 6.07) is 3.91. The van der Waals surface area contributed by atoms with Crippen molar-refractivity contribution in [3.63, 3.8) is 0 Å². The summed E-state index contributed by atoms with van der Waals surface area (Å²) in [5.74, 6) is -1.04. The molecule has 0 unspecified atom stereocenters. The number of carboxylic acids is 1. The maximum Gasteiger partial charge on any atom is 0.306 e. The maximum absolute atomic E-state index is 12.1. The van der Waals surface area contributed by atoms with Gasteiger partial charge in [0.05, 0.1) is 12.5 Å². The minimum absolute atomic E-state index is 0.0275. The molecule has 1 amide bonds. The van der Waals surface area contributed by atoms with Crippen molar-refractivity contribution < 1.29 is 14.7 Å². The van der Waals surface area contributed by atoms with Gasteiger partial charge in [-0.1, -0.05) is 0 Å². The number of carboxylic acid groups (broad SMARTS) is 1. The first-order valence-corrected chi connectivity index (χ1v) is 7.22. The number of nitrogens with zero attached hydrogens (tertiary/aromatic N) is 2. The average Bonchev–Trinajstić information content (AvgIpc) is 2.53. The topological polar surface area (TPSA) is 82.5 Å². The molecule has 0 aliphatic carbocycles. The molecule has 1 saturated heterocycles. The van der Waals surface area contributed by atoms with Gasteiger partial charge in [0, 0.05) is 31.5 Å². The van der Waals surface area contributed by atoms with Crippen molar-refractivity contribution in [1.82, 2.24) is 15.2 Å². The van der Waals surface area contributed by atoms with E-state index in [2.05, 4.69) is 10.3 Å². The summed E-state index contributed by atoms with van der Waals surface area (Å²) in [4.78, 5) is 28.7. The monoisotopic (exact) mass is 291 g/mol. The number of hydrogen-bond acceptors (Lipinski definition) is 4. The molecule has 0 saturated carbocycles. The molecular weight excluding hydrogens is 270 g/mol. The van der Waals surface area contributed by atoms with Crippen LogP contribution in [0.2, 0.25) is 0 Å². The molecule has 0 aromatic carbocycles. The van der Waals surface area contributed by atoms with Gasteiger partial charge in [-0.2, -0.15) is 0 Å². The molecule has 6 heteroatoms. The molecule has 1 aliphatic rings. The third-order valence-electron chi connectivity index (χ3n) is 3.96. The standard InChI is InChI=1S/C15H21N3O3/c1-11(12-2-6-16-7-3-12)17-10-14(19)18-8-4-13(5-9-18)15(20)21/h2-3,6-7,11,13,17H,4-5,8-10H2,1H3,(H,20,21)/t11-/m0/s1. The molecule has 1 atom stereocenters. The van der Waals surface area contributed by atoms with Gasteiger partial charge in [0.2, 0.25) is 5.91 Å². The maximum atomic E-state index is 12.1. The molecule has 1 aromatic rings. The number of rotatable bonds is 5. The SMILES string of the molecule is C[C@H](NCC(=O)N1CCC(C(=O)O)CC1)c1ccncc1. The number of aromatic nitrogens is 1. The molecule has 0 radical (unpaired) electrons. The van der Waals surface area contributed by atoms with Crippen LogP contribution in [0.5, 0.6) is 0 Å². The van der Waals surface area contributed by atoms with Crippen LogP contribution in [-0.4, -0.2) is 46.5 Å².